The minimum Gasteiger partial charge on any atom is -0.464 e. The Kier molecular flexibility index (Phi) is 15.5. The zero-order valence-electron chi connectivity index (χ0n) is 28.7. The summed E-state index contributed by atoms with van der Waals surface area (Å²) in [6.07, 6.45) is 3.97. The van der Waals surface area contributed by atoms with Crippen molar-refractivity contribution < 1.29 is 38.4 Å². The molecular formula is C40H49NO8. The molecule has 0 saturated heterocycles. The molecule has 2 atom stereocenters. The van der Waals surface area contributed by atoms with Gasteiger partial charge in [0.15, 0.2) is 19.0 Å². The molecule has 4 aromatic carbocycles. The minimum absolute atomic E-state index is 0.135. The first kappa shape index (κ1) is 37.5. The van der Waals surface area contributed by atoms with Crippen LogP contribution >= 0.6 is 0 Å². The third-order valence-corrected chi connectivity index (χ3v) is 8.51. The summed E-state index contributed by atoms with van der Waals surface area (Å²) in [6.45, 7) is 0.954. The molecule has 9 nitrogen and oxygen atoms in total. The van der Waals surface area contributed by atoms with E-state index in [1.807, 2.05) is 24.3 Å². The van der Waals surface area contributed by atoms with Crippen LogP contribution in [0.3, 0.4) is 0 Å². The summed E-state index contributed by atoms with van der Waals surface area (Å²) in [5.41, 5.74) is 2.53. The molecule has 4 aromatic rings. The second-order valence-electron chi connectivity index (χ2n) is 12.2. The molecule has 1 N–H and O–H groups in total. The predicted octanol–water partition coefficient (Wildman–Crippen LogP) is 6.40. The van der Waals surface area contributed by atoms with Crippen molar-refractivity contribution >= 4 is 39.4 Å². The van der Waals surface area contributed by atoms with E-state index in [1.54, 1.807) is 14.0 Å². The molecule has 2 unspecified atom stereocenters. The number of fused-ring (bicyclic) bond motifs is 2. The van der Waals surface area contributed by atoms with E-state index in [4.69, 9.17) is 18.9 Å². The van der Waals surface area contributed by atoms with Crippen molar-refractivity contribution in [3.63, 3.8) is 0 Å². The van der Waals surface area contributed by atoms with Gasteiger partial charge in [-0.3, -0.25) is 4.79 Å². The van der Waals surface area contributed by atoms with Gasteiger partial charge >= 0.3 is 11.9 Å². The van der Waals surface area contributed by atoms with Gasteiger partial charge in [-0.1, -0.05) is 97.8 Å². The second-order valence-corrected chi connectivity index (χ2v) is 12.2. The van der Waals surface area contributed by atoms with Crippen LogP contribution in [-0.2, 0) is 46.2 Å². The molecule has 0 aromatic heterocycles. The quantitative estimate of drug-likeness (QED) is 0.0615. The average Bonchev–Trinajstić information content (AvgIpc) is 3.11. The van der Waals surface area contributed by atoms with E-state index in [9.17, 15) is 19.5 Å². The summed E-state index contributed by atoms with van der Waals surface area (Å²) in [5.74, 6) is -2.15. The van der Waals surface area contributed by atoms with E-state index in [2.05, 4.69) is 60.7 Å². The lowest BCUT2D eigenvalue weighted by atomic mass is 10.0. The Hall–Kier alpha value is -4.31. The molecule has 0 aliphatic rings. The van der Waals surface area contributed by atoms with Crippen LogP contribution in [0.5, 0.6) is 0 Å². The first-order chi connectivity index (χ1) is 23.9. The number of hydrogen-bond acceptors (Lipinski definition) is 8. The number of aliphatic hydroxyl groups excluding tert-OH is 1. The maximum Gasteiger partial charge on any atom is 0.340 e. The Balaban J connectivity index is 1.30. The Morgan fingerprint density at radius 3 is 1.82 bits per heavy atom. The highest BCUT2D eigenvalue weighted by Crippen LogP contribution is 2.19. The van der Waals surface area contributed by atoms with Crippen LogP contribution in [-0.4, -0.2) is 80.3 Å². The number of hydrogen-bond donors (Lipinski definition) is 1. The predicted molar refractivity (Wildman–Crippen MR) is 190 cm³/mol. The fraction of sp³-hybridized carbons (Fsp3) is 0.425. The third-order valence-electron chi connectivity index (χ3n) is 8.51. The van der Waals surface area contributed by atoms with Crippen molar-refractivity contribution in [3.05, 3.63) is 96.1 Å². The molecule has 9 heteroatoms. The highest BCUT2D eigenvalue weighted by Gasteiger charge is 2.39. The fourth-order valence-electron chi connectivity index (χ4n) is 5.86. The van der Waals surface area contributed by atoms with Gasteiger partial charge in [-0.15, -0.1) is 0 Å². The summed E-state index contributed by atoms with van der Waals surface area (Å²) in [6, 6.07) is 29.6. The molecular weight excluding hydrogens is 622 g/mol. The van der Waals surface area contributed by atoms with Gasteiger partial charge in [0.2, 0.25) is 0 Å². The lowest BCUT2D eigenvalue weighted by molar-refractivity contribution is -0.185. The van der Waals surface area contributed by atoms with E-state index in [0.29, 0.717) is 13.0 Å². The number of unbranched alkanes of at least 4 members (excludes halogenated alkanes) is 4. The molecule has 1 amide bonds. The molecule has 0 aliphatic heterocycles. The van der Waals surface area contributed by atoms with Gasteiger partial charge in [0.1, 0.15) is 6.61 Å². The third kappa shape index (κ3) is 12.0. The number of aryl methyl sites for hydroxylation is 2. The topological polar surface area (TPSA) is 112 Å². The van der Waals surface area contributed by atoms with Gasteiger partial charge in [-0.25, -0.2) is 9.59 Å². The van der Waals surface area contributed by atoms with E-state index in [1.165, 1.54) is 37.6 Å². The molecule has 0 radical (unpaired) electrons. The lowest BCUT2D eigenvalue weighted by Gasteiger charge is -2.28. The molecule has 49 heavy (non-hydrogen) atoms. The maximum absolute atomic E-state index is 13.7. The summed E-state index contributed by atoms with van der Waals surface area (Å²) in [7, 11) is 1.66. The Morgan fingerprint density at radius 1 is 0.673 bits per heavy atom. The highest BCUT2D eigenvalue weighted by atomic mass is 16.6. The van der Waals surface area contributed by atoms with Gasteiger partial charge in [0.05, 0.1) is 6.61 Å². The van der Waals surface area contributed by atoms with Crippen LogP contribution in [0.4, 0.5) is 0 Å². The number of rotatable bonds is 21. The van der Waals surface area contributed by atoms with Gasteiger partial charge in [-0.2, -0.15) is 0 Å². The highest BCUT2D eigenvalue weighted by molar-refractivity contribution is 5.89. The van der Waals surface area contributed by atoms with Gasteiger partial charge in [0, 0.05) is 20.2 Å². The molecule has 4 rings (SSSR count). The molecule has 0 spiro atoms. The van der Waals surface area contributed by atoms with E-state index in [-0.39, 0.29) is 13.2 Å². The van der Waals surface area contributed by atoms with Crippen molar-refractivity contribution in [3.8, 4) is 0 Å². The Labute approximate surface area is 289 Å². The Bertz CT molecular complexity index is 1640. The molecule has 0 saturated carbocycles. The van der Waals surface area contributed by atoms with Crippen molar-refractivity contribution in [2.75, 3.05) is 40.2 Å². The lowest BCUT2D eigenvalue weighted by Crippen LogP contribution is -2.50. The molecule has 262 valence electrons. The zero-order chi connectivity index (χ0) is 34.8. The number of esters is 2. The summed E-state index contributed by atoms with van der Waals surface area (Å²) in [4.78, 5) is 40.2. The number of carbonyl (C=O) groups is 3. The SMILES string of the molecule is CCOC(=O)COC(C(=O)OCO)C(OCCCCCc1ccc2ccccc2c1)C(=O)N(C)CCCCCc1ccc2ccccc2c1. The average molecular weight is 672 g/mol. The van der Waals surface area contributed by atoms with Crippen LogP contribution in [0.15, 0.2) is 84.9 Å². The largest absolute Gasteiger partial charge is 0.464 e. The maximum atomic E-state index is 13.7. The summed E-state index contributed by atoms with van der Waals surface area (Å²) < 4.78 is 21.3. The van der Waals surface area contributed by atoms with Crippen LogP contribution in [0.1, 0.15) is 56.6 Å². The fourth-order valence-corrected chi connectivity index (χ4v) is 5.86. The number of nitrogens with zero attached hydrogens (tertiary/aromatic N) is 1. The summed E-state index contributed by atoms with van der Waals surface area (Å²) in [5, 5.41) is 14.1. The molecule has 0 heterocycles. The normalized spacial score (nSPS) is 12.5. The van der Waals surface area contributed by atoms with Crippen molar-refractivity contribution in [1.29, 1.82) is 0 Å². The van der Waals surface area contributed by atoms with Crippen LogP contribution in [0.25, 0.3) is 21.5 Å². The Morgan fingerprint density at radius 2 is 1.24 bits per heavy atom. The number of benzene rings is 4. The second kappa shape index (κ2) is 20.3. The number of carbonyl (C=O) groups excluding carboxylic acids is 3. The van der Waals surface area contributed by atoms with Crippen LogP contribution < -0.4 is 0 Å². The number of likely N-dealkylation sites (N-methyl/N-ethyl adjacent to an activating group) is 1. The number of ether oxygens (including phenoxy) is 4. The molecule has 0 fully saturated rings. The number of aliphatic hydroxyl groups is 1. The molecule has 0 aliphatic carbocycles. The van der Waals surface area contributed by atoms with Crippen molar-refractivity contribution in [2.45, 2.75) is 70.5 Å². The first-order valence-corrected chi connectivity index (χ1v) is 17.3. The molecule has 0 bridgehead atoms. The van der Waals surface area contributed by atoms with Crippen molar-refractivity contribution in [1.82, 2.24) is 4.90 Å². The van der Waals surface area contributed by atoms with Gasteiger partial charge < -0.3 is 29.0 Å². The standard InChI is InChI=1S/C40H49NO8/c1-3-46-36(43)28-48-38(40(45)49-29-42)37(47-25-13-5-7-15-31-21-23-33-17-9-11-19-35(33)27-31)39(44)41(2)24-12-4-6-14-30-20-22-32-16-8-10-18-34(32)26-30/h8-11,16-23,26-27,37-38,42H,3-7,12-15,24-25,28-29H2,1-2H3. The van der Waals surface area contributed by atoms with E-state index in [0.717, 1.165) is 44.9 Å². The van der Waals surface area contributed by atoms with Crippen LogP contribution in [0.2, 0.25) is 0 Å². The van der Waals surface area contributed by atoms with E-state index < -0.39 is 43.5 Å². The van der Waals surface area contributed by atoms with Gasteiger partial charge in [0.25, 0.3) is 5.91 Å². The minimum atomic E-state index is -1.56. The first-order valence-electron chi connectivity index (χ1n) is 17.3. The number of amides is 1. The van der Waals surface area contributed by atoms with Crippen LogP contribution in [0, 0.1) is 0 Å². The van der Waals surface area contributed by atoms with Crippen molar-refractivity contribution in [2.24, 2.45) is 0 Å². The van der Waals surface area contributed by atoms with E-state index >= 15 is 0 Å². The summed E-state index contributed by atoms with van der Waals surface area (Å²) >= 11 is 0. The smallest absolute Gasteiger partial charge is 0.340 e. The zero-order valence-corrected chi connectivity index (χ0v) is 28.7. The monoisotopic (exact) mass is 671 g/mol. The van der Waals surface area contributed by atoms with Gasteiger partial charge in [-0.05, 0) is 78.1 Å².